The molecule has 1 rings (SSSR count). The summed E-state index contributed by atoms with van der Waals surface area (Å²) in [5.41, 5.74) is 5.56. The summed E-state index contributed by atoms with van der Waals surface area (Å²) >= 11 is 0. The van der Waals surface area contributed by atoms with Gasteiger partial charge in [0.1, 0.15) is 5.84 Å². The van der Waals surface area contributed by atoms with Gasteiger partial charge >= 0.3 is 0 Å². The van der Waals surface area contributed by atoms with E-state index in [1.54, 1.807) is 0 Å². The highest BCUT2D eigenvalue weighted by Crippen LogP contribution is 2.29. The summed E-state index contributed by atoms with van der Waals surface area (Å²) in [5.74, 6) is 1.07. The second-order valence-corrected chi connectivity index (χ2v) is 5.30. The lowest BCUT2D eigenvalue weighted by molar-refractivity contribution is 0.190. The number of nitrogens with two attached hydrogens (primary N) is 1. The van der Waals surface area contributed by atoms with Crippen molar-refractivity contribution in [3.05, 3.63) is 0 Å². The zero-order chi connectivity index (χ0) is 12.1. The molecule has 0 aromatic heterocycles. The summed E-state index contributed by atoms with van der Waals surface area (Å²) in [6, 6.07) is 1.11. The lowest BCUT2D eigenvalue weighted by Gasteiger charge is -2.29. The largest absolute Gasteiger partial charge is 0.409 e. The van der Waals surface area contributed by atoms with E-state index in [-0.39, 0.29) is 0 Å². The standard InChI is InChI=1S/C12H25N3O/c1-9(2)6-7-15(11-4-5-11)10(3)8-12(13)14-16/h9-11,16H,4-8H2,1-3H3,(H2,13,14). The number of hydrogen-bond donors (Lipinski definition) is 2. The Bertz CT molecular complexity index is 236. The second kappa shape index (κ2) is 6.09. The number of hydrogen-bond acceptors (Lipinski definition) is 3. The monoisotopic (exact) mass is 227 g/mol. The minimum absolute atomic E-state index is 0.336. The van der Waals surface area contributed by atoms with Crippen molar-refractivity contribution in [3.63, 3.8) is 0 Å². The molecule has 0 saturated heterocycles. The highest BCUT2D eigenvalue weighted by atomic mass is 16.4. The quantitative estimate of drug-likeness (QED) is 0.303. The van der Waals surface area contributed by atoms with Gasteiger partial charge in [0.05, 0.1) is 0 Å². The molecule has 0 heterocycles. The molecule has 0 aromatic rings. The molecule has 0 aromatic carbocycles. The SMILES string of the molecule is CC(C)CCN(C(C)CC(N)=NO)C1CC1. The van der Waals surface area contributed by atoms with Gasteiger partial charge in [-0.05, 0) is 38.6 Å². The normalized spacial score (nSPS) is 19.4. The van der Waals surface area contributed by atoms with Gasteiger partial charge in [0, 0.05) is 18.5 Å². The zero-order valence-electron chi connectivity index (χ0n) is 10.7. The van der Waals surface area contributed by atoms with Gasteiger partial charge in [-0.15, -0.1) is 0 Å². The number of oxime groups is 1. The Morgan fingerprint density at radius 2 is 2.06 bits per heavy atom. The van der Waals surface area contributed by atoms with Crippen LogP contribution in [0.4, 0.5) is 0 Å². The fourth-order valence-corrected chi connectivity index (χ4v) is 2.04. The van der Waals surface area contributed by atoms with Crippen LogP contribution in [-0.4, -0.2) is 34.6 Å². The van der Waals surface area contributed by atoms with E-state index in [0.717, 1.165) is 18.5 Å². The molecule has 0 spiro atoms. The average molecular weight is 227 g/mol. The summed E-state index contributed by atoms with van der Waals surface area (Å²) in [7, 11) is 0. The van der Waals surface area contributed by atoms with Gasteiger partial charge in [-0.25, -0.2) is 0 Å². The van der Waals surface area contributed by atoms with Crippen LogP contribution in [0, 0.1) is 5.92 Å². The molecule has 94 valence electrons. The molecule has 1 fully saturated rings. The van der Waals surface area contributed by atoms with Crippen LogP contribution >= 0.6 is 0 Å². The molecule has 0 bridgehead atoms. The second-order valence-electron chi connectivity index (χ2n) is 5.30. The molecule has 3 N–H and O–H groups in total. The Kier molecular flexibility index (Phi) is 5.06. The third-order valence-electron chi connectivity index (χ3n) is 3.18. The maximum Gasteiger partial charge on any atom is 0.140 e. The Hall–Kier alpha value is -0.770. The van der Waals surface area contributed by atoms with E-state index in [0.29, 0.717) is 18.3 Å². The van der Waals surface area contributed by atoms with Crippen LogP contribution in [0.25, 0.3) is 0 Å². The molecule has 4 heteroatoms. The van der Waals surface area contributed by atoms with Crippen molar-refractivity contribution in [1.82, 2.24) is 4.90 Å². The van der Waals surface area contributed by atoms with Crippen LogP contribution in [0.15, 0.2) is 5.16 Å². The smallest absolute Gasteiger partial charge is 0.140 e. The van der Waals surface area contributed by atoms with Crippen molar-refractivity contribution >= 4 is 5.84 Å². The molecule has 0 amide bonds. The van der Waals surface area contributed by atoms with E-state index in [9.17, 15) is 0 Å². The molecule has 1 atom stereocenters. The van der Waals surface area contributed by atoms with E-state index in [4.69, 9.17) is 10.9 Å². The maximum atomic E-state index is 8.58. The van der Waals surface area contributed by atoms with Crippen LogP contribution in [0.1, 0.15) is 46.5 Å². The van der Waals surface area contributed by atoms with Crippen molar-refractivity contribution in [3.8, 4) is 0 Å². The van der Waals surface area contributed by atoms with Crippen LogP contribution in [0.2, 0.25) is 0 Å². The van der Waals surface area contributed by atoms with Crippen LogP contribution in [0.5, 0.6) is 0 Å². The molecule has 16 heavy (non-hydrogen) atoms. The lowest BCUT2D eigenvalue weighted by atomic mass is 10.1. The molecular weight excluding hydrogens is 202 g/mol. The van der Waals surface area contributed by atoms with Gasteiger partial charge in [-0.1, -0.05) is 19.0 Å². The Labute approximate surface area is 98.5 Å². The predicted molar refractivity (Wildman–Crippen MR) is 66.7 cm³/mol. The lowest BCUT2D eigenvalue weighted by Crippen LogP contribution is -2.39. The number of amidine groups is 1. The van der Waals surface area contributed by atoms with Gasteiger partial charge in [-0.2, -0.15) is 0 Å². The fourth-order valence-electron chi connectivity index (χ4n) is 2.04. The molecule has 1 unspecified atom stereocenters. The molecule has 0 aliphatic heterocycles. The van der Waals surface area contributed by atoms with Crippen molar-refractivity contribution in [2.75, 3.05) is 6.54 Å². The minimum atomic E-state index is 0.336. The first-order valence-electron chi connectivity index (χ1n) is 6.26. The first-order valence-corrected chi connectivity index (χ1v) is 6.26. The van der Waals surface area contributed by atoms with Gasteiger partial charge in [0.2, 0.25) is 0 Å². The summed E-state index contributed by atoms with van der Waals surface area (Å²) in [5, 5.41) is 11.6. The van der Waals surface area contributed by atoms with Crippen molar-refractivity contribution in [2.45, 2.75) is 58.5 Å². The maximum absolute atomic E-state index is 8.58. The molecule has 1 aliphatic carbocycles. The molecule has 1 aliphatic rings. The van der Waals surface area contributed by atoms with Gasteiger partial charge in [0.15, 0.2) is 0 Å². The van der Waals surface area contributed by atoms with Gasteiger partial charge < -0.3 is 10.9 Å². The number of nitrogens with zero attached hydrogens (tertiary/aromatic N) is 2. The number of rotatable bonds is 7. The van der Waals surface area contributed by atoms with E-state index in [2.05, 4.69) is 30.8 Å². The van der Waals surface area contributed by atoms with Gasteiger partial charge in [0.25, 0.3) is 0 Å². The summed E-state index contributed by atoms with van der Waals surface area (Å²) in [4.78, 5) is 2.51. The fraction of sp³-hybridized carbons (Fsp3) is 0.917. The molecule has 0 radical (unpaired) electrons. The predicted octanol–water partition coefficient (Wildman–Crippen LogP) is 2.02. The van der Waals surface area contributed by atoms with E-state index in [1.165, 1.54) is 19.3 Å². The van der Waals surface area contributed by atoms with Crippen molar-refractivity contribution in [1.29, 1.82) is 0 Å². The van der Waals surface area contributed by atoms with Crippen LogP contribution in [-0.2, 0) is 0 Å². The highest BCUT2D eigenvalue weighted by Gasteiger charge is 2.32. The Morgan fingerprint density at radius 3 is 2.50 bits per heavy atom. The first kappa shape index (κ1) is 13.3. The summed E-state index contributed by atoms with van der Waals surface area (Å²) in [6.45, 7) is 7.79. The molecule has 4 nitrogen and oxygen atoms in total. The molecular formula is C12H25N3O. The van der Waals surface area contributed by atoms with Crippen LogP contribution < -0.4 is 5.73 Å². The third kappa shape index (κ3) is 4.39. The van der Waals surface area contributed by atoms with Crippen LogP contribution in [0.3, 0.4) is 0 Å². The molecule has 1 saturated carbocycles. The minimum Gasteiger partial charge on any atom is -0.409 e. The van der Waals surface area contributed by atoms with Crippen molar-refractivity contribution in [2.24, 2.45) is 16.8 Å². The highest BCUT2D eigenvalue weighted by molar-refractivity contribution is 5.80. The third-order valence-corrected chi connectivity index (χ3v) is 3.18. The van der Waals surface area contributed by atoms with E-state index in [1.807, 2.05) is 0 Å². The van der Waals surface area contributed by atoms with E-state index < -0.39 is 0 Å². The average Bonchev–Trinajstić information content (AvgIpc) is 3.01. The Morgan fingerprint density at radius 1 is 1.44 bits per heavy atom. The first-order chi connectivity index (χ1) is 7.54. The summed E-state index contributed by atoms with van der Waals surface area (Å²) in [6.07, 6.45) is 4.49. The topological polar surface area (TPSA) is 61.8 Å². The van der Waals surface area contributed by atoms with Gasteiger partial charge in [-0.3, -0.25) is 4.90 Å². The van der Waals surface area contributed by atoms with Crippen molar-refractivity contribution < 1.29 is 5.21 Å². The Balaban J connectivity index is 2.42. The zero-order valence-corrected chi connectivity index (χ0v) is 10.7. The summed E-state index contributed by atoms with van der Waals surface area (Å²) < 4.78 is 0. The van der Waals surface area contributed by atoms with E-state index >= 15 is 0 Å².